The van der Waals surface area contributed by atoms with Crippen LogP contribution < -0.4 is 0 Å². The van der Waals surface area contributed by atoms with Crippen LogP contribution in [0.5, 0.6) is 0 Å². The van der Waals surface area contributed by atoms with Crippen molar-refractivity contribution in [1.29, 1.82) is 0 Å². The summed E-state index contributed by atoms with van der Waals surface area (Å²) in [6.07, 6.45) is 13.7. The highest BCUT2D eigenvalue weighted by Crippen LogP contribution is 2.71. The van der Waals surface area contributed by atoms with Gasteiger partial charge in [0.2, 0.25) is 0 Å². The van der Waals surface area contributed by atoms with Crippen LogP contribution in [0.4, 0.5) is 0 Å². The van der Waals surface area contributed by atoms with Gasteiger partial charge in [0.15, 0.2) is 0 Å². The summed E-state index contributed by atoms with van der Waals surface area (Å²) >= 11 is 0. The van der Waals surface area contributed by atoms with Crippen molar-refractivity contribution in [3.63, 3.8) is 0 Å². The zero-order chi connectivity index (χ0) is 19.1. The van der Waals surface area contributed by atoms with E-state index in [1.807, 2.05) is 0 Å². The summed E-state index contributed by atoms with van der Waals surface area (Å²) in [5.41, 5.74) is 12.6. The van der Waals surface area contributed by atoms with Crippen LogP contribution in [0.1, 0.15) is 36.5 Å². The molecule has 28 heavy (non-hydrogen) atoms. The van der Waals surface area contributed by atoms with Crippen LogP contribution in [0.15, 0.2) is 102 Å². The molecule has 0 aromatic heterocycles. The van der Waals surface area contributed by atoms with Gasteiger partial charge in [0.05, 0.1) is 5.41 Å². The Kier molecular flexibility index (Phi) is 2.96. The van der Waals surface area contributed by atoms with Crippen LogP contribution in [-0.2, 0) is 5.41 Å². The van der Waals surface area contributed by atoms with Gasteiger partial charge in [0.25, 0.3) is 0 Å². The molecule has 0 aliphatic heterocycles. The third-order valence-electron chi connectivity index (χ3n) is 7.57. The minimum absolute atomic E-state index is 0.000810. The van der Waals surface area contributed by atoms with E-state index in [2.05, 4.69) is 93.3 Å². The number of allylic oxidation sites excluding steroid dienone is 9. The van der Waals surface area contributed by atoms with Crippen LogP contribution in [-0.4, -0.2) is 0 Å². The van der Waals surface area contributed by atoms with Crippen molar-refractivity contribution in [2.45, 2.75) is 32.1 Å². The molecule has 4 aliphatic rings. The van der Waals surface area contributed by atoms with Gasteiger partial charge in [-0.1, -0.05) is 86.3 Å². The molecule has 4 aliphatic carbocycles. The molecule has 0 nitrogen and oxygen atoms in total. The lowest BCUT2D eigenvalue weighted by Crippen LogP contribution is -2.42. The summed E-state index contributed by atoms with van der Waals surface area (Å²) in [7, 11) is 0. The smallest absolute Gasteiger partial charge is 0.0566 e. The number of hydrogen-bond donors (Lipinski definition) is 0. The summed E-state index contributed by atoms with van der Waals surface area (Å²) in [5, 5.41) is 0. The fourth-order valence-corrected chi connectivity index (χ4v) is 6.51. The van der Waals surface area contributed by atoms with E-state index in [1.165, 1.54) is 50.1 Å². The third kappa shape index (κ3) is 1.56. The van der Waals surface area contributed by atoms with Crippen molar-refractivity contribution in [3.8, 4) is 11.1 Å². The van der Waals surface area contributed by atoms with Crippen LogP contribution in [0.25, 0.3) is 11.1 Å². The SMILES string of the molecule is C=C1CC=CC2=C1C1=CC=CCC1(C)C21c2ccccc2-c2c(C)cccc21. The summed E-state index contributed by atoms with van der Waals surface area (Å²) in [4.78, 5) is 0. The molecule has 0 saturated heterocycles. The van der Waals surface area contributed by atoms with E-state index in [0.29, 0.717) is 0 Å². The fraction of sp³-hybridized carbons (Fsp3) is 0.214. The zero-order valence-electron chi connectivity index (χ0n) is 16.5. The molecule has 2 unspecified atom stereocenters. The van der Waals surface area contributed by atoms with Gasteiger partial charge < -0.3 is 0 Å². The Morgan fingerprint density at radius 2 is 1.79 bits per heavy atom. The molecule has 6 rings (SSSR count). The Morgan fingerprint density at radius 3 is 2.68 bits per heavy atom. The highest BCUT2D eigenvalue weighted by molar-refractivity contribution is 5.90. The van der Waals surface area contributed by atoms with Gasteiger partial charge in [-0.3, -0.25) is 0 Å². The summed E-state index contributed by atoms with van der Waals surface area (Å²) in [6.45, 7) is 9.23. The fourth-order valence-electron chi connectivity index (χ4n) is 6.51. The molecule has 0 fully saturated rings. The monoisotopic (exact) mass is 360 g/mol. The first kappa shape index (κ1) is 16.1. The maximum atomic E-state index is 4.49. The van der Waals surface area contributed by atoms with Gasteiger partial charge in [-0.25, -0.2) is 0 Å². The van der Waals surface area contributed by atoms with E-state index in [0.717, 1.165) is 12.8 Å². The highest BCUT2D eigenvalue weighted by atomic mass is 14.6. The second kappa shape index (κ2) is 5.14. The Labute approximate surface area is 167 Å². The quantitative estimate of drug-likeness (QED) is 0.475. The Hall–Kier alpha value is -2.86. The number of benzene rings is 2. The second-order valence-electron chi connectivity index (χ2n) is 8.84. The molecule has 0 heteroatoms. The van der Waals surface area contributed by atoms with Crippen LogP contribution in [0.3, 0.4) is 0 Å². The van der Waals surface area contributed by atoms with Crippen LogP contribution in [0.2, 0.25) is 0 Å². The van der Waals surface area contributed by atoms with Crippen molar-refractivity contribution in [2.24, 2.45) is 5.41 Å². The van der Waals surface area contributed by atoms with Gasteiger partial charge in [0.1, 0.15) is 0 Å². The van der Waals surface area contributed by atoms with Crippen molar-refractivity contribution in [3.05, 3.63) is 118 Å². The van der Waals surface area contributed by atoms with E-state index >= 15 is 0 Å². The lowest BCUT2D eigenvalue weighted by atomic mass is 9.55. The largest absolute Gasteiger partial charge is 0.0949 e. The van der Waals surface area contributed by atoms with Crippen molar-refractivity contribution < 1.29 is 0 Å². The van der Waals surface area contributed by atoms with Gasteiger partial charge in [0, 0.05) is 5.41 Å². The molecule has 136 valence electrons. The molecule has 0 bridgehead atoms. The first-order chi connectivity index (χ1) is 13.6. The van der Waals surface area contributed by atoms with Crippen molar-refractivity contribution in [1.82, 2.24) is 0 Å². The lowest BCUT2D eigenvalue weighted by molar-refractivity contribution is 0.295. The molecule has 0 amide bonds. The summed E-state index contributed by atoms with van der Waals surface area (Å²) in [6, 6.07) is 16.0. The van der Waals surface area contributed by atoms with E-state index in [1.54, 1.807) is 0 Å². The molecule has 2 aromatic rings. The van der Waals surface area contributed by atoms with Gasteiger partial charge in [-0.15, -0.1) is 0 Å². The predicted octanol–water partition coefficient (Wildman–Crippen LogP) is 6.98. The van der Waals surface area contributed by atoms with Crippen LogP contribution in [0, 0.1) is 12.3 Å². The normalized spacial score (nSPS) is 28.9. The Balaban J connectivity index is 1.85. The second-order valence-corrected chi connectivity index (χ2v) is 8.84. The van der Waals surface area contributed by atoms with Crippen LogP contribution >= 0.6 is 0 Å². The van der Waals surface area contributed by atoms with Gasteiger partial charge in [-0.05, 0) is 69.9 Å². The van der Waals surface area contributed by atoms with E-state index in [9.17, 15) is 0 Å². The first-order valence-electron chi connectivity index (χ1n) is 10.3. The Morgan fingerprint density at radius 1 is 0.964 bits per heavy atom. The lowest BCUT2D eigenvalue weighted by Gasteiger charge is -2.46. The first-order valence-corrected chi connectivity index (χ1v) is 10.3. The molecule has 0 saturated carbocycles. The number of aryl methyl sites for hydroxylation is 1. The number of fused-ring (bicyclic) bond motifs is 9. The summed E-state index contributed by atoms with van der Waals surface area (Å²) < 4.78 is 0. The highest BCUT2D eigenvalue weighted by Gasteiger charge is 2.63. The standard InChI is InChI=1S/C28H24/c1-18-10-8-15-23-25(18)20-12-4-5-13-21(20)28(23)24-16-9-11-19(2)26(24)22-14-6-7-17-27(22,28)3/h4-10,12-16H,2,11,17H2,1,3H3. The van der Waals surface area contributed by atoms with E-state index < -0.39 is 0 Å². The molecular formula is C28H24. The maximum absolute atomic E-state index is 4.49. The molecule has 0 heterocycles. The third-order valence-corrected chi connectivity index (χ3v) is 7.57. The minimum Gasteiger partial charge on any atom is -0.0949 e. The van der Waals surface area contributed by atoms with Crippen molar-refractivity contribution in [2.75, 3.05) is 0 Å². The minimum atomic E-state index is -0.142. The number of hydrogen-bond acceptors (Lipinski definition) is 0. The average Bonchev–Trinajstić information content (AvgIpc) is 3.14. The van der Waals surface area contributed by atoms with E-state index in [-0.39, 0.29) is 10.8 Å². The number of rotatable bonds is 0. The molecular weight excluding hydrogens is 336 g/mol. The maximum Gasteiger partial charge on any atom is 0.0566 e. The average molecular weight is 361 g/mol. The molecule has 0 radical (unpaired) electrons. The molecule has 2 atom stereocenters. The summed E-state index contributed by atoms with van der Waals surface area (Å²) in [5.74, 6) is 0. The molecule has 0 N–H and O–H groups in total. The van der Waals surface area contributed by atoms with E-state index in [4.69, 9.17) is 0 Å². The molecule has 2 aromatic carbocycles. The van der Waals surface area contributed by atoms with Crippen molar-refractivity contribution >= 4 is 0 Å². The Bertz CT molecular complexity index is 1200. The zero-order valence-corrected chi connectivity index (χ0v) is 16.5. The topological polar surface area (TPSA) is 0 Å². The van der Waals surface area contributed by atoms with Gasteiger partial charge >= 0.3 is 0 Å². The van der Waals surface area contributed by atoms with Gasteiger partial charge in [-0.2, -0.15) is 0 Å². The molecule has 1 spiro atoms. The predicted molar refractivity (Wildman–Crippen MR) is 117 cm³/mol.